The number of benzene rings is 3. The number of rotatable bonds is 8. The van der Waals surface area contributed by atoms with E-state index >= 15 is 0 Å². The minimum absolute atomic E-state index is 0.0506. The molecule has 0 N–H and O–H groups in total. The van der Waals surface area contributed by atoms with Crippen LogP contribution in [0.2, 0.25) is 0 Å². The van der Waals surface area contributed by atoms with E-state index in [1.54, 1.807) is 4.90 Å². The van der Waals surface area contributed by atoms with Crippen molar-refractivity contribution in [3.63, 3.8) is 0 Å². The third kappa shape index (κ3) is 5.41. The first-order valence-electron chi connectivity index (χ1n) is 12.5. The molecule has 0 radical (unpaired) electrons. The summed E-state index contributed by atoms with van der Waals surface area (Å²) in [6, 6.07) is 29.2. The molecule has 40 heavy (non-hydrogen) atoms. The van der Waals surface area contributed by atoms with Crippen LogP contribution in [0.5, 0.6) is 0 Å². The molecule has 0 saturated carbocycles. The van der Waals surface area contributed by atoms with Crippen molar-refractivity contribution in [2.45, 2.75) is 16.3 Å². The highest BCUT2D eigenvalue weighted by Gasteiger charge is 2.31. The minimum Gasteiger partial charge on any atom is -0.337 e. The van der Waals surface area contributed by atoms with Crippen molar-refractivity contribution < 1.29 is 9.59 Å². The van der Waals surface area contributed by atoms with E-state index in [4.69, 9.17) is 0 Å². The molecule has 0 atom stereocenters. The molecule has 0 fully saturated rings. The van der Waals surface area contributed by atoms with Gasteiger partial charge in [0.25, 0.3) is 0 Å². The van der Waals surface area contributed by atoms with Gasteiger partial charge in [-0.15, -0.1) is 0 Å². The zero-order chi connectivity index (χ0) is 28.2. The number of nitriles is 2. The maximum atomic E-state index is 13.6. The number of hydrogen-bond acceptors (Lipinski definition) is 9. The molecule has 0 aromatic heterocycles. The van der Waals surface area contributed by atoms with Gasteiger partial charge >= 0.3 is 0 Å². The Morgan fingerprint density at radius 3 is 1.55 bits per heavy atom. The quantitative estimate of drug-likeness (QED) is 0.257. The van der Waals surface area contributed by atoms with Gasteiger partial charge in [-0.2, -0.15) is 10.5 Å². The van der Waals surface area contributed by atoms with Crippen LogP contribution < -0.4 is 9.80 Å². The van der Waals surface area contributed by atoms with Gasteiger partial charge in [-0.05, 0) is 29.8 Å². The van der Waals surface area contributed by atoms with Crippen LogP contribution in [0.1, 0.15) is 5.56 Å². The Kier molecular flexibility index (Phi) is 8.09. The fourth-order valence-corrected chi connectivity index (χ4v) is 7.00. The predicted molar refractivity (Wildman–Crippen MR) is 158 cm³/mol. The predicted octanol–water partition coefficient (Wildman–Crippen LogP) is 5.58. The van der Waals surface area contributed by atoms with Crippen molar-refractivity contribution in [1.29, 1.82) is 10.5 Å². The lowest BCUT2D eigenvalue weighted by atomic mass is 10.1. The standard InChI is InChI=1S/C31H25N5O2S2/c1-34-24-12-6-8-14-28(24)39-30(34)22(16-32)26(37)19-36(18-21-10-4-3-5-11-21)20-27(38)23(17-33)31-35(2)25-13-7-9-15-29(25)40-31/h3-15H,18-20H2,1-2H3/b30-22-,31-23-. The molecule has 2 aliphatic heterocycles. The second kappa shape index (κ2) is 11.8. The summed E-state index contributed by atoms with van der Waals surface area (Å²) in [7, 11) is 3.67. The lowest BCUT2D eigenvalue weighted by Crippen LogP contribution is -2.36. The molecule has 198 valence electrons. The van der Waals surface area contributed by atoms with Crippen LogP contribution >= 0.6 is 23.5 Å². The lowest BCUT2D eigenvalue weighted by molar-refractivity contribution is -0.119. The van der Waals surface area contributed by atoms with E-state index in [1.165, 1.54) is 23.5 Å². The first-order chi connectivity index (χ1) is 19.4. The highest BCUT2D eigenvalue weighted by molar-refractivity contribution is 8.04. The van der Waals surface area contributed by atoms with Gasteiger partial charge in [0, 0.05) is 30.4 Å². The number of Topliss-reactive ketones (excluding diaryl/α,β-unsaturated/α-hetero) is 2. The summed E-state index contributed by atoms with van der Waals surface area (Å²) in [6.45, 7) is 0.0247. The Hall–Kier alpha value is -4.28. The summed E-state index contributed by atoms with van der Waals surface area (Å²) >= 11 is 2.78. The molecule has 0 aliphatic carbocycles. The maximum Gasteiger partial charge on any atom is 0.190 e. The van der Waals surface area contributed by atoms with E-state index in [-0.39, 0.29) is 35.8 Å². The van der Waals surface area contributed by atoms with Crippen molar-refractivity contribution in [3.8, 4) is 12.1 Å². The van der Waals surface area contributed by atoms with Crippen molar-refractivity contribution in [2.24, 2.45) is 0 Å². The van der Waals surface area contributed by atoms with Gasteiger partial charge in [0.15, 0.2) is 11.6 Å². The third-order valence-electron chi connectivity index (χ3n) is 6.67. The van der Waals surface area contributed by atoms with Crippen LogP contribution in [0.3, 0.4) is 0 Å². The van der Waals surface area contributed by atoms with Gasteiger partial charge in [-0.1, -0.05) is 78.1 Å². The minimum atomic E-state index is -0.376. The van der Waals surface area contributed by atoms with Gasteiger partial charge in [-0.3, -0.25) is 14.5 Å². The number of thioether (sulfide) groups is 2. The second-order valence-electron chi connectivity index (χ2n) is 9.32. The van der Waals surface area contributed by atoms with Crippen LogP contribution in [-0.4, -0.2) is 43.7 Å². The molecule has 2 aliphatic rings. The SMILES string of the molecule is CN1/C(=C(\C#N)C(=O)CN(CC(=O)/C(C#N)=C2\Sc3ccccc3N2C)Cc2ccccc2)Sc2ccccc21. The van der Waals surface area contributed by atoms with Crippen LogP contribution in [0.15, 0.2) is 110 Å². The first-order valence-corrected chi connectivity index (χ1v) is 14.2. The number of para-hydroxylation sites is 2. The van der Waals surface area contributed by atoms with Crippen LogP contribution in [0.4, 0.5) is 11.4 Å². The number of carbonyl (C=O) groups excluding carboxylic acids is 2. The van der Waals surface area contributed by atoms with Crippen molar-refractivity contribution in [3.05, 3.63) is 106 Å². The molecular weight excluding hydrogens is 539 g/mol. The average Bonchev–Trinajstić information content (AvgIpc) is 3.47. The summed E-state index contributed by atoms with van der Waals surface area (Å²) in [4.78, 5) is 34.5. The van der Waals surface area contributed by atoms with Gasteiger partial charge in [0.1, 0.15) is 33.3 Å². The molecule has 0 spiro atoms. The molecule has 5 rings (SSSR count). The summed E-state index contributed by atoms with van der Waals surface area (Å²) in [5, 5.41) is 21.2. The molecule has 0 unspecified atom stereocenters. The number of nitrogens with zero attached hydrogens (tertiary/aromatic N) is 5. The molecule has 3 aromatic carbocycles. The first kappa shape index (κ1) is 27.3. The Balaban J connectivity index is 1.42. The molecule has 2 heterocycles. The lowest BCUT2D eigenvalue weighted by Gasteiger charge is -2.22. The molecule has 7 nitrogen and oxygen atoms in total. The smallest absolute Gasteiger partial charge is 0.190 e. The van der Waals surface area contributed by atoms with E-state index < -0.39 is 0 Å². The van der Waals surface area contributed by atoms with Crippen LogP contribution in [0.25, 0.3) is 0 Å². The number of fused-ring (bicyclic) bond motifs is 2. The normalized spacial score (nSPS) is 16.2. The summed E-state index contributed by atoms with van der Waals surface area (Å²) in [5.74, 6) is -0.751. The molecule has 0 bridgehead atoms. The summed E-state index contributed by atoms with van der Waals surface area (Å²) in [5.41, 5.74) is 2.89. The molecule has 0 saturated heterocycles. The maximum absolute atomic E-state index is 13.6. The van der Waals surface area contributed by atoms with Gasteiger partial charge in [0.05, 0.1) is 24.5 Å². The topological polar surface area (TPSA) is 91.4 Å². The fourth-order valence-electron chi connectivity index (χ4n) is 4.68. The Morgan fingerprint density at radius 1 is 0.700 bits per heavy atom. The van der Waals surface area contributed by atoms with E-state index in [9.17, 15) is 20.1 Å². The van der Waals surface area contributed by atoms with Gasteiger partial charge in [0.2, 0.25) is 0 Å². The van der Waals surface area contributed by atoms with E-state index in [0.717, 1.165) is 26.7 Å². The number of hydrogen-bond donors (Lipinski definition) is 0. The Bertz CT molecular complexity index is 1530. The van der Waals surface area contributed by atoms with Gasteiger partial charge < -0.3 is 9.80 Å². The van der Waals surface area contributed by atoms with Crippen molar-refractivity contribution in [2.75, 3.05) is 37.0 Å². The number of ketones is 2. The Labute approximate surface area is 242 Å². The van der Waals surface area contributed by atoms with Crippen molar-refractivity contribution in [1.82, 2.24) is 4.90 Å². The summed E-state index contributed by atoms with van der Waals surface area (Å²) < 4.78 is 0. The van der Waals surface area contributed by atoms with Crippen molar-refractivity contribution >= 4 is 46.5 Å². The molecule has 3 aromatic rings. The van der Waals surface area contributed by atoms with E-state index in [0.29, 0.717) is 16.6 Å². The Morgan fingerprint density at radius 2 is 1.12 bits per heavy atom. The number of carbonyl (C=O) groups is 2. The zero-order valence-electron chi connectivity index (χ0n) is 22.0. The molecule has 0 amide bonds. The van der Waals surface area contributed by atoms with E-state index in [1.807, 2.05) is 103 Å². The largest absolute Gasteiger partial charge is 0.337 e. The fraction of sp³-hybridized carbons (Fsp3) is 0.161. The highest BCUT2D eigenvalue weighted by atomic mass is 32.2. The van der Waals surface area contributed by atoms with Gasteiger partial charge in [-0.25, -0.2) is 0 Å². The third-order valence-corrected chi connectivity index (χ3v) is 9.14. The number of anilines is 2. The van der Waals surface area contributed by atoms with Crippen LogP contribution in [-0.2, 0) is 16.1 Å². The highest BCUT2D eigenvalue weighted by Crippen LogP contribution is 2.47. The molecular formula is C31H25N5O2S2. The summed E-state index contributed by atoms with van der Waals surface area (Å²) in [6.07, 6.45) is 0. The average molecular weight is 564 g/mol. The zero-order valence-corrected chi connectivity index (χ0v) is 23.6. The second-order valence-corrected chi connectivity index (χ2v) is 11.4. The van der Waals surface area contributed by atoms with Crippen LogP contribution in [0, 0.1) is 22.7 Å². The van der Waals surface area contributed by atoms with E-state index in [2.05, 4.69) is 12.1 Å². The monoisotopic (exact) mass is 563 g/mol. The molecule has 9 heteroatoms.